The van der Waals surface area contributed by atoms with Gasteiger partial charge in [-0.1, -0.05) is 41.3 Å². The third kappa shape index (κ3) is 4.32. The van der Waals surface area contributed by atoms with Crippen molar-refractivity contribution in [2.45, 2.75) is 29.6 Å². The number of anilines is 1. The molecule has 6 nitrogen and oxygen atoms in total. The summed E-state index contributed by atoms with van der Waals surface area (Å²) in [6, 6.07) is 8.77. The van der Waals surface area contributed by atoms with Crippen molar-refractivity contribution >= 4 is 45.0 Å². The summed E-state index contributed by atoms with van der Waals surface area (Å²) in [7, 11) is 0. The second-order valence-corrected chi connectivity index (χ2v) is 8.24. The van der Waals surface area contributed by atoms with Crippen molar-refractivity contribution in [1.29, 1.82) is 0 Å². The summed E-state index contributed by atoms with van der Waals surface area (Å²) >= 11 is 2.95. The highest BCUT2D eigenvalue weighted by atomic mass is 32.2. The smallest absolute Gasteiger partial charge is 0.230 e. The van der Waals surface area contributed by atoms with Crippen LogP contribution in [0.15, 0.2) is 34.8 Å². The summed E-state index contributed by atoms with van der Waals surface area (Å²) < 4.78 is 0.829. The maximum atomic E-state index is 12.0. The van der Waals surface area contributed by atoms with Crippen LogP contribution in [-0.2, 0) is 11.2 Å². The van der Waals surface area contributed by atoms with Gasteiger partial charge in [0.05, 0.1) is 5.75 Å². The van der Waals surface area contributed by atoms with Gasteiger partial charge in [0.15, 0.2) is 4.34 Å². The SMILES string of the molecule is O=C(CSc1nnc(NC2CC2)s1)NCCc1c[nH]c2ccccc12. The quantitative estimate of drug-likeness (QED) is 0.529. The van der Waals surface area contributed by atoms with Gasteiger partial charge in [0.2, 0.25) is 11.0 Å². The van der Waals surface area contributed by atoms with Crippen LogP contribution in [0.2, 0.25) is 0 Å². The van der Waals surface area contributed by atoms with Crippen LogP contribution in [0.3, 0.4) is 0 Å². The Bertz CT molecular complexity index is 871. The number of aromatic amines is 1. The van der Waals surface area contributed by atoms with Crippen LogP contribution < -0.4 is 10.6 Å². The summed E-state index contributed by atoms with van der Waals surface area (Å²) in [5, 5.41) is 16.6. The fourth-order valence-corrected chi connectivity index (χ4v) is 4.24. The summed E-state index contributed by atoms with van der Waals surface area (Å²) in [6.07, 6.45) is 5.25. The molecule has 4 rings (SSSR count). The number of benzene rings is 1. The van der Waals surface area contributed by atoms with Gasteiger partial charge < -0.3 is 15.6 Å². The lowest BCUT2D eigenvalue weighted by Crippen LogP contribution is -2.27. The highest BCUT2D eigenvalue weighted by molar-refractivity contribution is 8.01. The van der Waals surface area contributed by atoms with E-state index in [4.69, 9.17) is 0 Å². The van der Waals surface area contributed by atoms with Gasteiger partial charge in [0.1, 0.15) is 0 Å². The number of nitrogens with zero attached hydrogens (tertiary/aromatic N) is 2. The minimum absolute atomic E-state index is 0.0248. The molecule has 0 atom stereocenters. The molecule has 0 aliphatic heterocycles. The first kappa shape index (κ1) is 16.4. The lowest BCUT2D eigenvalue weighted by Gasteiger charge is -2.03. The predicted molar refractivity (Wildman–Crippen MR) is 102 cm³/mol. The Morgan fingerprint density at radius 3 is 3.08 bits per heavy atom. The topological polar surface area (TPSA) is 82.7 Å². The van der Waals surface area contributed by atoms with Gasteiger partial charge in [-0.3, -0.25) is 4.79 Å². The van der Waals surface area contributed by atoms with Crippen LogP contribution >= 0.6 is 23.1 Å². The molecule has 1 amide bonds. The van der Waals surface area contributed by atoms with Gasteiger partial charge in [0, 0.05) is 29.7 Å². The molecule has 0 spiro atoms. The molecular weight excluding hydrogens is 354 g/mol. The predicted octanol–water partition coefficient (Wildman–Crippen LogP) is 3.04. The molecule has 0 saturated heterocycles. The first-order valence-corrected chi connectivity index (χ1v) is 10.1. The molecule has 25 heavy (non-hydrogen) atoms. The van der Waals surface area contributed by atoms with E-state index < -0.39 is 0 Å². The van der Waals surface area contributed by atoms with Gasteiger partial charge in [-0.15, -0.1) is 10.2 Å². The van der Waals surface area contributed by atoms with Gasteiger partial charge in [-0.2, -0.15) is 0 Å². The van der Waals surface area contributed by atoms with Crippen molar-refractivity contribution in [3.63, 3.8) is 0 Å². The fourth-order valence-electron chi connectivity index (χ4n) is 2.58. The van der Waals surface area contributed by atoms with E-state index in [-0.39, 0.29) is 5.91 Å². The van der Waals surface area contributed by atoms with Crippen molar-refractivity contribution in [2.24, 2.45) is 0 Å². The first-order valence-electron chi connectivity index (χ1n) is 8.32. The number of carbonyl (C=O) groups excluding carboxylic acids is 1. The number of rotatable bonds is 8. The highest BCUT2D eigenvalue weighted by Gasteiger charge is 2.22. The minimum Gasteiger partial charge on any atom is -0.361 e. The molecule has 2 heterocycles. The van der Waals surface area contributed by atoms with E-state index in [0.29, 0.717) is 18.3 Å². The number of amides is 1. The van der Waals surface area contributed by atoms with Crippen LogP contribution in [0.4, 0.5) is 5.13 Å². The second-order valence-electron chi connectivity index (χ2n) is 6.04. The maximum Gasteiger partial charge on any atom is 0.230 e. The van der Waals surface area contributed by atoms with Gasteiger partial charge in [-0.25, -0.2) is 0 Å². The third-order valence-electron chi connectivity index (χ3n) is 4.03. The normalized spacial score (nSPS) is 13.9. The van der Waals surface area contributed by atoms with Crippen molar-refractivity contribution in [1.82, 2.24) is 20.5 Å². The summed E-state index contributed by atoms with van der Waals surface area (Å²) in [5.41, 5.74) is 2.36. The summed E-state index contributed by atoms with van der Waals surface area (Å²) in [5.74, 6) is 0.392. The molecule has 0 unspecified atom stereocenters. The lowest BCUT2D eigenvalue weighted by molar-refractivity contribution is -0.118. The Labute approximate surface area is 153 Å². The molecule has 1 saturated carbocycles. The Morgan fingerprint density at radius 1 is 1.32 bits per heavy atom. The zero-order valence-electron chi connectivity index (χ0n) is 13.6. The molecule has 0 radical (unpaired) electrons. The molecule has 130 valence electrons. The molecular formula is C17H19N5OS2. The lowest BCUT2D eigenvalue weighted by atomic mass is 10.1. The Balaban J connectivity index is 1.20. The summed E-state index contributed by atoms with van der Waals surface area (Å²) in [6.45, 7) is 0.631. The van der Waals surface area contributed by atoms with Crippen LogP contribution in [0.5, 0.6) is 0 Å². The zero-order chi connectivity index (χ0) is 17.1. The van der Waals surface area contributed by atoms with Crippen LogP contribution in [0.1, 0.15) is 18.4 Å². The number of hydrogen-bond acceptors (Lipinski definition) is 6. The van der Waals surface area contributed by atoms with Gasteiger partial charge in [-0.05, 0) is 30.9 Å². The summed E-state index contributed by atoms with van der Waals surface area (Å²) in [4.78, 5) is 15.3. The number of carbonyl (C=O) groups is 1. The first-order chi connectivity index (χ1) is 12.3. The fraction of sp³-hybridized carbons (Fsp3) is 0.353. The van der Waals surface area contributed by atoms with E-state index in [0.717, 1.165) is 21.4 Å². The highest BCUT2D eigenvalue weighted by Crippen LogP contribution is 2.30. The molecule has 8 heteroatoms. The number of aromatic nitrogens is 3. The van der Waals surface area contributed by atoms with Crippen molar-refractivity contribution in [3.8, 4) is 0 Å². The molecule has 3 aromatic rings. The maximum absolute atomic E-state index is 12.0. The van der Waals surface area contributed by atoms with Crippen molar-refractivity contribution in [2.75, 3.05) is 17.6 Å². The molecule has 3 N–H and O–H groups in total. The number of fused-ring (bicyclic) bond motifs is 1. The molecule has 2 aromatic heterocycles. The van der Waals surface area contributed by atoms with Crippen LogP contribution in [0, 0.1) is 0 Å². The number of thioether (sulfide) groups is 1. The molecule has 1 aliphatic rings. The van der Waals surface area contributed by atoms with Crippen molar-refractivity contribution < 1.29 is 4.79 Å². The molecule has 0 bridgehead atoms. The molecule has 1 aromatic carbocycles. The van der Waals surface area contributed by atoms with E-state index >= 15 is 0 Å². The standard InChI is InChI=1S/C17H19N5OS2/c23-15(10-24-17-22-21-16(25-17)20-12-5-6-12)18-8-7-11-9-19-14-4-2-1-3-13(11)14/h1-4,9,12,19H,5-8,10H2,(H,18,23)(H,20,21). The molecule has 1 aliphatic carbocycles. The van der Waals surface area contributed by atoms with E-state index in [1.54, 1.807) is 0 Å². The molecule has 1 fully saturated rings. The zero-order valence-corrected chi connectivity index (χ0v) is 15.3. The second kappa shape index (κ2) is 7.45. The number of hydrogen-bond donors (Lipinski definition) is 3. The van der Waals surface area contributed by atoms with E-state index in [1.165, 1.54) is 46.9 Å². The van der Waals surface area contributed by atoms with Gasteiger partial charge >= 0.3 is 0 Å². The van der Waals surface area contributed by atoms with Crippen LogP contribution in [-0.4, -0.2) is 39.4 Å². The average Bonchev–Trinajstić information content (AvgIpc) is 3.17. The number of para-hydroxylation sites is 1. The number of nitrogens with one attached hydrogen (secondary N) is 3. The van der Waals surface area contributed by atoms with E-state index in [1.807, 2.05) is 18.3 Å². The monoisotopic (exact) mass is 373 g/mol. The Morgan fingerprint density at radius 2 is 2.20 bits per heavy atom. The Kier molecular flexibility index (Phi) is 4.89. The van der Waals surface area contributed by atoms with Crippen LogP contribution in [0.25, 0.3) is 10.9 Å². The Hall–Kier alpha value is -2.06. The largest absolute Gasteiger partial charge is 0.361 e. The average molecular weight is 374 g/mol. The third-order valence-corrected chi connectivity index (χ3v) is 6.02. The number of H-pyrrole nitrogens is 1. The van der Waals surface area contributed by atoms with E-state index in [9.17, 15) is 4.79 Å². The van der Waals surface area contributed by atoms with Gasteiger partial charge in [0.25, 0.3) is 0 Å². The minimum atomic E-state index is 0.0248. The van der Waals surface area contributed by atoms with Crippen molar-refractivity contribution in [3.05, 3.63) is 36.0 Å². The van der Waals surface area contributed by atoms with E-state index in [2.05, 4.69) is 37.9 Å².